The molecule has 5 nitrogen and oxygen atoms in total. The van der Waals surface area contributed by atoms with Crippen molar-refractivity contribution in [3.05, 3.63) is 57.9 Å². The van der Waals surface area contributed by atoms with Gasteiger partial charge in [0.1, 0.15) is 21.7 Å². The van der Waals surface area contributed by atoms with Crippen molar-refractivity contribution in [3.63, 3.8) is 0 Å². The first kappa shape index (κ1) is 15.9. The van der Waals surface area contributed by atoms with Crippen LogP contribution < -0.4 is 16.6 Å². The van der Waals surface area contributed by atoms with E-state index in [-0.39, 0.29) is 5.82 Å². The van der Waals surface area contributed by atoms with Gasteiger partial charge in [-0.15, -0.1) is 11.3 Å². The molecule has 1 aromatic carbocycles. The lowest BCUT2D eigenvalue weighted by Gasteiger charge is -2.28. The summed E-state index contributed by atoms with van der Waals surface area (Å²) in [6.45, 7) is 0. The highest BCUT2D eigenvalue weighted by Crippen LogP contribution is 2.36. The van der Waals surface area contributed by atoms with E-state index in [1.54, 1.807) is 12.1 Å². The van der Waals surface area contributed by atoms with Crippen LogP contribution in [0.2, 0.25) is 0 Å². The number of amidine groups is 1. The maximum atomic E-state index is 13.3. The van der Waals surface area contributed by atoms with Crippen molar-refractivity contribution in [1.82, 2.24) is 4.90 Å². The molecule has 2 heterocycles. The van der Waals surface area contributed by atoms with Crippen LogP contribution in [0, 0.1) is 5.82 Å². The first-order valence-electron chi connectivity index (χ1n) is 6.79. The van der Waals surface area contributed by atoms with Gasteiger partial charge >= 0.3 is 0 Å². The second kappa shape index (κ2) is 6.23. The number of hydrogen-bond acceptors (Lipinski definition) is 7. The van der Waals surface area contributed by atoms with Crippen molar-refractivity contribution in [2.24, 2.45) is 16.6 Å². The van der Waals surface area contributed by atoms with Crippen LogP contribution in [0.3, 0.4) is 0 Å². The maximum absolute atomic E-state index is 13.3. The Morgan fingerprint density at radius 3 is 2.83 bits per heavy atom. The lowest BCUT2D eigenvalue weighted by atomic mass is 10.2. The Kier molecular flexibility index (Phi) is 4.29. The minimum Gasteiger partial charge on any atom is -0.390 e. The van der Waals surface area contributed by atoms with E-state index in [0.717, 1.165) is 16.4 Å². The average molecular weight is 349 g/mol. The molecule has 0 atom stereocenters. The third-order valence-corrected chi connectivity index (χ3v) is 5.02. The second-order valence-electron chi connectivity index (χ2n) is 5.09. The van der Waals surface area contributed by atoms with Gasteiger partial charge in [0.25, 0.3) is 0 Å². The molecule has 0 radical (unpaired) electrons. The zero-order chi connectivity index (χ0) is 16.6. The molecule has 0 saturated carbocycles. The van der Waals surface area contributed by atoms with Gasteiger partial charge in [-0.25, -0.2) is 20.2 Å². The quantitative estimate of drug-likeness (QED) is 0.644. The topological polar surface area (TPSA) is 70.9 Å². The molecular weight excluding hydrogens is 333 g/mol. The Bertz CT molecular complexity index is 797. The van der Waals surface area contributed by atoms with Gasteiger partial charge < -0.3 is 10.6 Å². The zero-order valence-corrected chi connectivity index (χ0v) is 14.3. The number of aliphatic imine (C=N–C) groups is 1. The molecule has 2 aromatic rings. The second-order valence-corrected chi connectivity index (χ2v) is 7.10. The zero-order valence-electron chi connectivity index (χ0n) is 12.7. The molecule has 0 bridgehead atoms. The number of anilines is 1. The number of fused-ring (bicyclic) bond motifs is 1. The monoisotopic (exact) mass is 349 g/mol. The molecule has 1 aliphatic rings. The Labute approximate surface area is 142 Å². The summed E-state index contributed by atoms with van der Waals surface area (Å²) in [5.41, 5.74) is 7.15. The molecule has 0 spiro atoms. The number of hydrazine groups is 1. The fraction of sp³-hybridized carbons (Fsp3) is 0.133. The highest BCUT2D eigenvalue weighted by Gasteiger charge is 2.26. The van der Waals surface area contributed by atoms with Crippen LogP contribution in [-0.4, -0.2) is 24.8 Å². The molecule has 4 N–H and O–H groups in total. The van der Waals surface area contributed by atoms with E-state index in [2.05, 4.69) is 4.99 Å². The van der Waals surface area contributed by atoms with Crippen LogP contribution in [-0.2, 0) is 0 Å². The summed E-state index contributed by atoms with van der Waals surface area (Å²) in [4.78, 5) is 7.20. The standard InChI is InChI=1S/C15H16FN5S2/c1-20(2)13-11-6-7-22-15(11)21(18)14(19-13)12(17)23-10-5-3-4-9(16)8-10/h3-8H,17-18H2,1-2H3/b14-12+. The molecule has 0 saturated heterocycles. The third-order valence-electron chi connectivity index (χ3n) is 3.21. The molecule has 1 aromatic heterocycles. The van der Waals surface area contributed by atoms with Gasteiger partial charge in [0.2, 0.25) is 0 Å². The molecule has 0 amide bonds. The molecule has 1 aliphatic heterocycles. The van der Waals surface area contributed by atoms with E-state index < -0.39 is 0 Å². The minimum atomic E-state index is -0.306. The van der Waals surface area contributed by atoms with Gasteiger partial charge in [-0.3, -0.25) is 0 Å². The lowest BCUT2D eigenvalue weighted by molar-refractivity contribution is 0.619. The Balaban J connectivity index is 2.02. The van der Waals surface area contributed by atoms with Crippen molar-refractivity contribution < 1.29 is 4.39 Å². The molecular formula is C15H16FN5S2. The Morgan fingerprint density at radius 2 is 2.13 bits per heavy atom. The van der Waals surface area contributed by atoms with Crippen LogP contribution in [0.4, 0.5) is 9.39 Å². The van der Waals surface area contributed by atoms with E-state index >= 15 is 0 Å². The van der Waals surface area contributed by atoms with Gasteiger partial charge in [-0.1, -0.05) is 17.8 Å². The highest BCUT2D eigenvalue weighted by molar-refractivity contribution is 8.03. The normalized spacial score (nSPS) is 16.0. The van der Waals surface area contributed by atoms with Gasteiger partial charge in [0, 0.05) is 19.0 Å². The number of rotatable bonds is 2. The maximum Gasteiger partial charge on any atom is 0.180 e. The fourth-order valence-corrected chi connectivity index (χ4v) is 3.81. The van der Waals surface area contributed by atoms with E-state index in [1.165, 1.54) is 40.2 Å². The summed E-state index contributed by atoms with van der Waals surface area (Å²) >= 11 is 2.75. The summed E-state index contributed by atoms with van der Waals surface area (Å²) in [5.74, 6) is 7.12. The summed E-state index contributed by atoms with van der Waals surface area (Å²) in [6.07, 6.45) is 0. The minimum absolute atomic E-state index is 0.306. The summed E-state index contributed by atoms with van der Waals surface area (Å²) < 4.78 is 13.3. The van der Waals surface area contributed by atoms with Gasteiger partial charge in [-0.2, -0.15) is 0 Å². The summed E-state index contributed by atoms with van der Waals surface area (Å²) in [6, 6.07) is 8.23. The van der Waals surface area contributed by atoms with Gasteiger partial charge in [0.15, 0.2) is 5.82 Å². The van der Waals surface area contributed by atoms with Crippen molar-refractivity contribution in [2.75, 3.05) is 19.1 Å². The molecule has 120 valence electrons. The van der Waals surface area contributed by atoms with E-state index in [0.29, 0.717) is 15.7 Å². The van der Waals surface area contributed by atoms with Crippen molar-refractivity contribution in [1.29, 1.82) is 0 Å². The average Bonchev–Trinajstić information content (AvgIpc) is 2.97. The molecule has 23 heavy (non-hydrogen) atoms. The number of halogens is 1. The first-order valence-corrected chi connectivity index (χ1v) is 8.49. The number of nitrogens with two attached hydrogens (primary N) is 2. The lowest BCUT2D eigenvalue weighted by Crippen LogP contribution is -2.38. The predicted molar refractivity (Wildman–Crippen MR) is 94.7 cm³/mol. The van der Waals surface area contributed by atoms with Gasteiger partial charge in [0.05, 0.1) is 5.56 Å². The van der Waals surface area contributed by atoms with Crippen LogP contribution >= 0.6 is 23.1 Å². The van der Waals surface area contributed by atoms with E-state index in [9.17, 15) is 4.39 Å². The summed E-state index contributed by atoms with van der Waals surface area (Å²) in [7, 11) is 3.83. The number of thiophene rings is 1. The number of hydrogen-bond donors (Lipinski definition) is 2. The molecule has 0 aliphatic carbocycles. The first-order chi connectivity index (χ1) is 11.0. The number of nitrogens with zero attached hydrogens (tertiary/aromatic N) is 3. The predicted octanol–water partition coefficient (Wildman–Crippen LogP) is 2.77. The summed E-state index contributed by atoms with van der Waals surface area (Å²) in [5, 5.41) is 4.73. The molecule has 0 fully saturated rings. The largest absolute Gasteiger partial charge is 0.390 e. The smallest absolute Gasteiger partial charge is 0.180 e. The van der Waals surface area contributed by atoms with Crippen molar-refractivity contribution in [3.8, 4) is 0 Å². The molecule has 3 rings (SSSR count). The van der Waals surface area contributed by atoms with Crippen LogP contribution in [0.15, 0.2) is 56.4 Å². The van der Waals surface area contributed by atoms with Crippen LogP contribution in [0.5, 0.6) is 0 Å². The fourth-order valence-electron chi connectivity index (χ4n) is 2.19. The van der Waals surface area contributed by atoms with Crippen molar-refractivity contribution >= 4 is 33.9 Å². The Hall–Kier alpha value is -2.03. The number of benzene rings is 1. The van der Waals surface area contributed by atoms with Gasteiger partial charge in [-0.05, 0) is 29.6 Å². The Morgan fingerprint density at radius 1 is 1.35 bits per heavy atom. The van der Waals surface area contributed by atoms with Crippen molar-refractivity contribution in [2.45, 2.75) is 4.90 Å². The van der Waals surface area contributed by atoms with Crippen LogP contribution in [0.25, 0.3) is 0 Å². The SMILES string of the molecule is CN(C)C1=N/C(=C(/N)Sc2cccc(F)c2)N(N)c2sccc21. The van der Waals surface area contributed by atoms with E-state index in [4.69, 9.17) is 11.6 Å². The highest BCUT2D eigenvalue weighted by atomic mass is 32.2. The molecule has 0 unspecified atom stereocenters. The van der Waals surface area contributed by atoms with Crippen LogP contribution in [0.1, 0.15) is 5.56 Å². The number of thioether (sulfide) groups is 1. The third kappa shape index (κ3) is 3.05. The molecule has 8 heteroatoms. The van der Waals surface area contributed by atoms with E-state index in [1.807, 2.05) is 30.4 Å².